The molecule has 0 aliphatic rings. The summed E-state index contributed by atoms with van der Waals surface area (Å²) in [7, 11) is 1.70. The highest BCUT2D eigenvalue weighted by molar-refractivity contribution is 5.60. The lowest BCUT2D eigenvalue weighted by Gasteiger charge is -2.15. The Morgan fingerprint density at radius 1 is 1.30 bits per heavy atom. The Bertz CT molecular complexity index is 631. The third kappa shape index (κ3) is 2.64. The van der Waals surface area contributed by atoms with Crippen molar-refractivity contribution in [3.05, 3.63) is 51.2 Å². The summed E-state index contributed by atoms with van der Waals surface area (Å²) in [6.45, 7) is 5.63. The number of hydrogen-bond donors (Lipinski definition) is 1. The molecule has 0 bridgehead atoms. The predicted molar refractivity (Wildman–Crippen MR) is 77.8 cm³/mol. The SMILES string of the molecule is Cc1ccc(C(C)Nc2c([N+](=O)[O-])c(C)nn2C)cc1. The molecule has 2 aromatic rings. The van der Waals surface area contributed by atoms with E-state index >= 15 is 0 Å². The van der Waals surface area contributed by atoms with E-state index in [1.165, 1.54) is 10.2 Å². The van der Waals surface area contributed by atoms with E-state index in [9.17, 15) is 10.1 Å². The zero-order chi connectivity index (χ0) is 14.9. The van der Waals surface area contributed by atoms with Gasteiger partial charge in [0, 0.05) is 7.05 Å². The second-order valence-corrected chi connectivity index (χ2v) is 4.94. The molecule has 0 radical (unpaired) electrons. The number of aryl methyl sites for hydroxylation is 3. The van der Waals surface area contributed by atoms with Crippen molar-refractivity contribution in [3.8, 4) is 0 Å². The van der Waals surface area contributed by atoms with Gasteiger partial charge in [0.05, 0.1) is 11.0 Å². The molecule has 0 aliphatic heterocycles. The van der Waals surface area contributed by atoms with Crippen LogP contribution < -0.4 is 5.32 Å². The third-order valence-corrected chi connectivity index (χ3v) is 3.30. The van der Waals surface area contributed by atoms with Gasteiger partial charge in [-0.25, -0.2) is 4.68 Å². The number of nitrogens with zero attached hydrogens (tertiary/aromatic N) is 3. The molecule has 1 aromatic heterocycles. The van der Waals surface area contributed by atoms with Crippen LogP contribution in [0.5, 0.6) is 0 Å². The van der Waals surface area contributed by atoms with E-state index in [1.807, 2.05) is 38.1 Å². The van der Waals surface area contributed by atoms with E-state index in [-0.39, 0.29) is 11.7 Å². The maximum atomic E-state index is 11.1. The van der Waals surface area contributed by atoms with E-state index in [0.717, 1.165) is 5.56 Å². The number of nitro groups is 1. The highest BCUT2D eigenvalue weighted by atomic mass is 16.6. The summed E-state index contributed by atoms with van der Waals surface area (Å²) in [4.78, 5) is 10.7. The number of anilines is 1. The summed E-state index contributed by atoms with van der Waals surface area (Å²) in [6.07, 6.45) is 0. The molecule has 2 rings (SSSR count). The van der Waals surface area contributed by atoms with Crippen molar-refractivity contribution < 1.29 is 4.92 Å². The number of aromatic nitrogens is 2. The van der Waals surface area contributed by atoms with Crippen LogP contribution >= 0.6 is 0 Å². The van der Waals surface area contributed by atoms with Crippen LogP contribution in [0.2, 0.25) is 0 Å². The molecule has 0 saturated carbocycles. The average Bonchev–Trinajstić information content (AvgIpc) is 2.64. The summed E-state index contributed by atoms with van der Waals surface area (Å²) in [5, 5.41) is 18.4. The van der Waals surface area contributed by atoms with E-state index in [4.69, 9.17) is 0 Å². The topological polar surface area (TPSA) is 73.0 Å². The van der Waals surface area contributed by atoms with Gasteiger partial charge in [-0.15, -0.1) is 0 Å². The van der Waals surface area contributed by atoms with Crippen LogP contribution in [0.1, 0.15) is 29.8 Å². The molecule has 1 atom stereocenters. The summed E-state index contributed by atoms with van der Waals surface area (Å²) < 4.78 is 1.51. The van der Waals surface area contributed by atoms with Gasteiger partial charge in [-0.2, -0.15) is 5.10 Å². The average molecular weight is 274 g/mol. The molecule has 106 valence electrons. The fraction of sp³-hybridized carbons (Fsp3) is 0.357. The van der Waals surface area contributed by atoms with Gasteiger partial charge in [0.15, 0.2) is 0 Å². The zero-order valence-corrected chi connectivity index (χ0v) is 12.0. The molecule has 0 fully saturated rings. The van der Waals surface area contributed by atoms with E-state index in [1.54, 1.807) is 14.0 Å². The number of benzene rings is 1. The Morgan fingerprint density at radius 3 is 2.45 bits per heavy atom. The van der Waals surface area contributed by atoms with Crippen LogP contribution in [0, 0.1) is 24.0 Å². The molecule has 0 spiro atoms. The Balaban J connectivity index is 2.30. The van der Waals surface area contributed by atoms with Crippen LogP contribution in [0.3, 0.4) is 0 Å². The van der Waals surface area contributed by atoms with Gasteiger partial charge >= 0.3 is 5.69 Å². The van der Waals surface area contributed by atoms with Gasteiger partial charge < -0.3 is 5.32 Å². The first kappa shape index (κ1) is 14.0. The number of rotatable bonds is 4. The molecular weight excluding hydrogens is 256 g/mol. The van der Waals surface area contributed by atoms with Gasteiger partial charge in [-0.3, -0.25) is 10.1 Å². The zero-order valence-electron chi connectivity index (χ0n) is 12.0. The molecule has 20 heavy (non-hydrogen) atoms. The first-order chi connectivity index (χ1) is 9.40. The van der Waals surface area contributed by atoms with Crippen molar-refractivity contribution in [2.45, 2.75) is 26.8 Å². The Hall–Kier alpha value is -2.37. The molecule has 1 heterocycles. The quantitative estimate of drug-likeness (QED) is 0.686. The molecule has 1 aromatic carbocycles. The summed E-state index contributed by atoms with van der Waals surface area (Å²) in [5.41, 5.74) is 2.70. The van der Waals surface area contributed by atoms with Crippen molar-refractivity contribution in [2.24, 2.45) is 7.05 Å². The fourth-order valence-corrected chi connectivity index (χ4v) is 2.17. The van der Waals surface area contributed by atoms with Gasteiger partial charge in [0.1, 0.15) is 5.69 Å². The first-order valence-electron chi connectivity index (χ1n) is 6.41. The van der Waals surface area contributed by atoms with Crippen molar-refractivity contribution in [3.63, 3.8) is 0 Å². The summed E-state index contributed by atoms with van der Waals surface area (Å²) in [6, 6.07) is 8.04. The second kappa shape index (κ2) is 5.32. The van der Waals surface area contributed by atoms with Gasteiger partial charge in [0.25, 0.3) is 0 Å². The van der Waals surface area contributed by atoms with Crippen LogP contribution in [-0.2, 0) is 7.05 Å². The van der Waals surface area contributed by atoms with Crippen molar-refractivity contribution >= 4 is 11.5 Å². The Labute approximate surface area is 117 Å². The lowest BCUT2D eigenvalue weighted by atomic mass is 10.1. The Kier molecular flexibility index (Phi) is 3.74. The number of hydrogen-bond acceptors (Lipinski definition) is 4. The van der Waals surface area contributed by atoms with Crippen LogP contribution in [0.4, 0.5) is 11.5 Å². The molecule has 0 saturated heterocycles. The monoisotopic (exact) mass is 274 g/mol. The standard InChI is InChI=1S/C14H18N4O2/c1-9-5-7-12(8-6-9)10(2)15-14-13(18(19)20)11(3)16-17(14)4/h5-8,10,15H,1-4H3. The van der Waals surface area contributed by atoms with Gasteiger partial charge in [0.2, 0.25) is 5.82 Å². The second-order valence-electron chi connectivity index (χ2n) is 4.94. The van der Waals surface area contributed by atoms with Crippen LogP contribution in [-0.4, -0.2) is 14.7 Å². The molecule has 1 N–H and O–H groups in total. The maximum Gasteiger partial charge on any atom is 0.333 e. The maximum absolute atomic E-state index is 11.1. The van der Waals surface area contributed by atoms with E-state index in [2.05, 4.69) is 10.4 Å². The number of nitrogens with one attached hydrogen (secondary N) is 1. The smallest absolute Gasteiger partial charge is 0.333 e. The van der Waals surface area contributed by atoms with Crippen molar-refractivity contribution in [1.82, 2.24) is 9.78 Å². The molecule has 6 nitrogen and oxygen atoms in total. The normalized spacial score (nSPS) is 12.2. The lowest BCUT2D eigenvalue weighted by molar-refractivity contribution is -0.384. The summed E-state index contributed by atoms with van der Waals surface area (Å²) in [5.74, 6) is 0.431. The van der Waals surface area contributed by atoms with E-state index < -0.39 is 4.92 Å². The highest BCUT2D eigenvalue weighted by Gasteiger charge is 2.25. The molecule has 0 aliphatic carbocycles. The minimum absolute atomic E-state index is 0.0338. The molecule has 6 heteroatoms. The molecular formula is C14H18N4O2. The van der Waals surface area contributed by atoms with E-state index in [0.29, 0.717) is 11.5 Å². The largest absolute Gasteiger partial charge is 0.358 e. The van der Waals surface area contributed by atoms with Gasteiger partial charge in [-0.1, -0.05) is 29.8 Å². The first-order valence-corrected chi connectivity index (χ1v) is 6.41. The van der Waals surface area contributed by atoms with Crippen molar-refractivity contribution in [2.75, 3.05) is 5.32 Å². The van der Waals surface area contributed by atoms with Crippen molar-refractivity contribution in [1.29, 1.82) is 0 Å². The highest BCUT2D eigenvalue weighted by Crippen LogP contribution is 2.30. The predicted octanol–water partition coefficient (Wildman–Crippen LogP) is 3.12. The fourth-order valence-electron chi connectivity index (χ4n) is 2.17. The third-order valence-electron chi connectivity index (χ3n) is 3.30. The lowest BCUT2D eigenvalue weighted by Crippen LogP contribution is -2.11. The summed E-state index contributed by atoms with van der Waals surface area (Å²) >= 11 is 0. The Morgan fingerprint density at radius 2 is 1.90 bits per heavy atom. The minimum atomic E-state index is -0.396. The molecule has 0 amide bonds. The van der Waals surface area contributed by atoms with Gasteiger partial charge in [-0.05, 0) is 26.3 Å². The van der Waals surface area contributed by atoms with Crippen LogP contribution in [0.25, 0.3) is 0 Å². The molecule has 1 unspecified atom stereocenters. The minimum Gasteiger partial charge on any atom is -0.358 e. The van der Waals surface area contributed by atoms with Crippen LogP contribution in [0.15, 0.2) is 24.3 Å².